The first-order valence-electron chi connectivity index (χ1n) is 6.10. The van der Waals surface area contributed by atoms with Crippen LogP contribution >= 0.6 is 11.3 Å². The highest BCUT2D eigenvalue weighted by atomic mass is 32.1. The fourth-order valence-electron chi connectivity index (χ4n) is 1.81. The van der Waals surface area contributed by atoms with Crippen LogP contribution < -0.4 is 10.9 Å². The molecule has 0 fully saturated rings. The van der Waals surface area contributed by atoms with Crippen molar-refractivity contribution >= 4 is 21.4 Å². The third-order valence-corrected chi connectivity index (χ3v) is 3.71. The Morgan fingerprint density at radius 1 is 1.35 bits per heavy atom. The van der Waals surface area contributed by atoms with Crippen molar-refractivity contribution in [2.24, 2.45) is 0 Å². The quantitative estimate of drug-likeness (QED) is 0.799. The molecular formula is C13H18N2OS. The van der Waals surface area contributed by atoms with Crippen LogP contribution in [0, 0.1) is 0 Å². The second-order valence-electron chi connectivity index (χ2n) is 4.12. The van der Waals surface area contributed by atoms with Gasteiger partial charge in [0.2, 0.25) is 0 Å². The number of pyridine rings is 1. The van der Waals surface area contributed by atoms with Crippen LogP contribution in [-0.2, 0) is 6.54 Å². The molecule has 0 aliphatic heterocycles. The molecule has 2 rings (SSSR count). The maximum absolute atomic E-state index is 12.1. The second-order valence-corrected chi connectivity index (χ2v) is 5.06. The van der Waals surface area contributed by atoms with Gasteiger partial charge in [-0.05, 0) is 30.5 Å². The van der Waals surface area contributed by atoms with Crippen LogP contribution in [0.25, 0.3) is 10.1 Å². The zero-order valence-electron chi connectivity index (χ0n) is 10.1. The van der Waals surface area contributed by atoms with E-state index in [1.54, 1.807) is 15.9 Å². The minimum absolute atomic E-state index is 0.126. The van der Waals surface area contributed by atoms with Gasteiger partial charge in [0, 0.05) is 24.0 Å². The van der Waals surface area contributed by atoms with Crippen molar-refractivity contribution in [2.75, 3.05) is 13.1 Å². The number of hydrogen-bond donors (Lipinski definition) is 1. The van der Waals surface area contributed by atoms with E-state index in [0.717, 1.165) is 29.7 Å². The smallest absolute Gasteiger partial charge is 0.259 e. The van der Waals surface area contributed by atoms with Gasteiger partial charge < -0.3 is 9.88 Å². The molecule has 92 valence electrons. The van der Waals surface area contributed by atoms with Crippen molar-refractivity contribution in [3.05, 3.63) is 34.1 Å². The van der Waals surface area contributed by atoms with Crippen LogP contribution in [-0.4, -0.2) is 17.7 Å². The predicted molar refractivity (Wildman–Crippen MR) is 73.9 cm³/mol. The Kier molecular flexibility index (Phi) is 4.34. The number of fused-ring (bicyclic) bond motifs is 1. The summed E-state index contributed by atoms with van der Waals surface area (Å²) in [7, 11) is 0. The number of rotatable bonds is 6. The van der Waals surface area contributed by atoms with Gasteiger partial charge >= 0.3 is 0 Å². The van der Waals surface area contributed by atoms with E-state index in [9.17, 15) is 4.79 Å². The molecule has 0 amide bonds. The standard InChI is InChI=1S/C13H18N2OS/c1-2-3-6-14-7-9-15-8-4-12-11(13(15)16)5-10-17-12/h4-5,8,10,14H,2-3,6-7,9H2,1H3. The zero-order chi connectivity index (χ0) is 12.1. The summed E-state index contributed by atoms with van der Waals surface area (Å²) < 4.78 is 2.86. The minimum atomic E-state index is 0.126. The Labute approximate surface area is 105 Å². The van der Waals surface area contributed by atoms with E-state index < -0.39 is 0 Å². The second kappa shape index (κ2) is 5.98. The summed E-state index contributed by atoms with van der Waals surface area (Å²) >= 11 is 1.62. The first-order chi connectivity index (χ1) is 8.33. The molecule has 0 radical (unpaired) electrons. The normalized spacial score (nSPS) is 11.1. The molecule has 2 aromatic heterocycles. The molecular weight excluding hydrogens is 232 g/mol. The molecule has 3 nitrogen and oxygen atoms in total. The van der Waals surface area contributed by atoms with Gasteiger partial charge in [-0.25, -0.2) is 0 Å². The third kappa shape index (κ3) is 2.96. The number of nitrogens with one attached hydrogen (secondary N) is 1. The third-order valence-electron chi connectivity index (χ3n) is 2.83. The van der Waals surface area contributed by atoms with E-state index >= 15 is 0 Å². The summed E-state index contributed by atoms with van der Waals surface area (Å²) in [6.07, 6.45) is 4.29. The van der Waals surface area contributed by atoms with Gasteiger partial charge in [0.05, 0.1) is 5.39 Å². The Hall–Kier alpha value is -1.13. The van der Waals surface area contributed by atoms with Gasteiger partial charge in [0.25, 0.3) is 5.56 Å². The van der Waals surface area contributed by atoms with Crippen molar-refractivity contribution in [3.8, 4) is 0 Å². The molecule has 2 aromatic rings. The molecule has 0 saturated heterocycles. The summed E-state index contributed by atoms with van der Waals surface area (Å²) in [4.78, 5) is 12.1. The highest BCUT2D eigenvalue weighted by molar-refractivity contribution is 7.17. The summed E-state index contributed by atoms with van der Waals surface area (Å²) in [6.45, 7) is 4.81. The van der Waals surface area contributed by atoms with Gasteiger partial charge in [-0.15, -0.1) is 11.3 Å². The van der Waals surface area contributed by atoms with Gasteiger partial charge in [-0.1, -0.05) is 13.3 Å². The first kappa shape index (κ1) is 12.3. The number of hydrogen-bond acceptors (Lipinski definition) is 3. The monoisotopic (exact) mass is 250 g/mol. The molecule has 0 saturated carbocycles. The van der Waals surface area contributed by atoms with E-state index in [0.29, 0.717) is 0 Å². The summed E-state index contributed by atoms with van der Waals surface area (Å²) in [5, 5.41) is 6.15. The molecule has 0 aliphatic rings. The van der Waals surface area contributed by atoms with E-state index in [1.807, 2.05) is 23.7 Å². The van der Waals surface area contributed by atoms with Crippen LogP contribution in [0.2, 0.25) is 0 Å². The van der Waals surface area contributed by atoms with E-state index in [-0.39, 0.29) is 5.56 Å². The number of thiophene rings is 1. The molecule has 17 heavy (non-hydrogen) atoms. The Morgan fingerprint density at radius 3 is 3.06 bits per heavy atom. The highest BCUT2D eigenvalue weighted by Crippen LogP contribution is 2.15. The lowest BCUT2D eigenvalue weighted by Crippen LogP contribution is -2.27. The number of nitrogens with zero attached hydrogens (tertiary/aromatic N) is 1. The van der Waals surface area contributed by atoms with Crippen molar-refractivity contribution < 1.29 is 0 Å². The molecule has 0 atom stereocenters. The average Bonchev–Trinajstić information content (AvgIpc) is 2.80. The summed E-state index contributed by atoms with van der Waals surface area (Å²) in [6, 6.07) is 3.93. The van der Waals surface area contributed by atoms with Crippen LogP contribution in [0.15, 0.2) is 28.5 Å². The maximum Gasteiger partial charge on any atom is 0.259 e. The number of unbranched alkanes of at least 4 members (excludes halogenated alkanes) is 1. The molecule has 2 heterocycles. The van der Waals surface area contributed by atoms with E-state index in [1.165, 1.54) is 12.8 Å². The molecule has 0 aromatic carbocycles. The highest BCUT2D eigenvalue weighted by Gasteiger charge is 2.02. The lowest BCUT2D eigenvalue weighted by molar-refractivity contribution is 0.572. The van der Waals surface area contributed by atoms with E-state index in [4.69, 9.17) is 0 Å². The Morgan fingerprint density at radius 2 is 2.24 bits per heavy atom. The average molecular weight is 250 g/mol. The molecule has 4 heteroatoms. The van der Waals surface area contributed by atoms with Gasteiger partial charge in [-0.2, -0.15) is 0 Å². The fourth-order valence-corrected chi connectivity index (χ4v) is 2.58. The van der Waals surface area contributed by atoms with Crippen LogP contribution in [0.4, 0.5) is 0 Å². The first-order valence-corrected chi connectivity index (χ1v) is 6.98. The topological polar surface area (TPSA) is 34.0 Å². The lowest BCUT2D eigenvalue weighted by Gasteiger charge is -2.06. The SMILES string of the molecule is CCCCNCCn1ccc2sccc2c1=O. The van der Waals surface area contributed by atoms with Crippen molar-refractivity contribution in [1.82, 2.24) is 9.88 Å². The Bertz CT molecular complexity index is 529. The van der Waals surface area contributed by atoms with Gasteiger partial charge in [0.1, 0.15) is 0 Å². The number of aromatic nitrogens is 1. The fraction of sp³-hybridized carbons (Fsp3) is 0.462. The molecule has 0 aliphatic carbocycles. The molecule has 0 spiro atoms. The lowest BCUT2D eigenvalue weighted by atomic mass is 10.3. The largest absolute Gasteiger partial charge is 0.315 e. The maximum atomic E-state index is 12.1. The van der Waals surface area contributed by atoms with Crippen molar-refractivity contribution in [3.63, 3.8) is 0 Å². The molecule has 0 unspecified atom stereocenters. The van der Waals surface area contributed by atoms with Crippen LogP contribution in [0.1, 0.15) is 19.8 Å². The van der Waals surface area contributed by atoms with Gasteiger partial charge in [-0.3, -0.25) is 4.79 Å². The summed E-state index contributed by atoms with van der Waals surface area (Å²) in [5.74, 6) is 0. The summed E-state index contributed by atoms with van der Waals surface area (Å²) in [5.41, 5.74) is 0.126. The van der Waals surface area contributed by atoms with Crippen LogP contribution in [0.5, 0.6) is 0 Å². The van der Waals surface area contributed by atoms with Gasteiger partial charge in [0.15, 0.2) is 0 Å². The Balaban J connectivity index is 1.99. The minimum Gasteiger partial charge on any atom is -0.315 e. The van der Waals surface area contributed by atoms with E-state index in [2.05, 4.69) is 12.2 Å². The molecule has 1 N–H and O–H groups in total. The van der Waals surface area contributed by atoms with Crippen molar-refractivity contribution in [2.45, 2.75) is 26.3 Å². The molecule has 0 bridgehead atoms. The van der Waals surface area contributed by atoms with Crippen molar-refractivity contribution in [1.29, 1.82) is 0 Å². The zero-order valence-corrected chi connectivity index (χ0v) is 10.9. The predicted octanol–water partition coefficient (Wildman–Crippen LogP) is 2.45. The van der Waals surface area contributed by atoms with Crippen LogP contribution in [0.3, 0.4) is 0 Å².